The van der Waals surface area contributed by atoms with Gasteiger partial charge in [0.2, 0.25) is 0 Å². The van der Waals surface area contributed by atoms with Crippen LogP contribution in [0, 0.1) is 0 Å². The third-order valence-electron chi connectivity index (χ3n) is 7.08. The predicted octanol–water partition coefficient (Wildman–Crippen LogP) is 5.82. The van der Waals surface area contributed by atoms with Gasteiger partial charge in [0.05, 0.1) is 33.5 Å². The van der Waals surface area contributed by atoms with Crippen LogP contribution in [0.25, 0.3) is 0 Å². The first kappa shape index (κ1) is 31.4. The van der Waals surface area contributed by atoms with E-state index in [2.05, 4.69) is 19.6 Å². The highest BCUT2D eigenvalue weighted by molar-refractivity contribution is 6.76. The molecule has 1 saturated heterocycles. The molecule has 0 saturated carbocycles. The van der Waals surface area contributed by atoms with Crippen molar-refractivity contribution in [3.63, 3.8) is 0 Å². The van der Waals surface area contributed by atoms with Crippen LogP contribution in [0.1, 0.15) is 16.7 Å². The van der Waals surface area contributed by atoms with E-state index >= 15 is 0 Å². The molecule has 0 spiro atoms. The summed E-state index contributed by atoms with van der Waals surface area (Å²) in [7, 11) is 0.300. The molecular formula is C33H44O7Si. The summed E-state index contributed by atoms with van der Waals surface area (Å²) in [5.41, 5.74) is 3.04. The fourth-order valence-electron chi connectivity index (χ4n) is 4.66. The van der Waals surface area contributed by atoms with Gasteiger partial charge in [-0.25, -0.2) is 0 Å². The standard InChI is InChI=1S/C33H44O7Si/c1-35-28-17-15-27(16-18-28)24-39-32-31(38-23-26-13-9-6-10-14-26)30(37-22-25-11-7-5-8-12-25)29(21-34)40-33(32)36-19-20-41(2,3)4/h5-18,29-34H,19-24H2,1-4H3/t29-,30-,31+,32-,33-/m1/s1. The molecule has 7 nitrogen and oxygen atoms in total. The van der Waals surface area contributed by atoms with Crippen molar-refractivity contribution in [3.05, 3.63) is 102 Å². The van der Waals surface area contributed by atoms with E-state index in [0.717, 1.165) is 28.5 Å². The minimum absolute atomic E-state index is 0.232. The summed E-state index contributed by atoms with van der Waals surface area (Å²) in [4.78, 5) is 0. The normalized spacial score (nSPS) is 22.9. The summed E-state index contributed by atoms with van der Waals surface area (Å²) in [6.45, 7) is 8.28. The average molecular weight is 581 g/mol. The average Bonchev–Trinajstić information content (AvgIpc) is 2.99. The summed E-state index contributed by atoms with van der Waals surface area (Å²) < 4.78 is 37.6. The second-order valence-electron chi connectivity index (χ2n) is 11.6. The maximum Gasteiger partial charge on any atom is 0.186 e. The van der Waals surface area contributed by atoms with Crippen molar-refractivity contribution in [2.75, 3.05) is 20.3 Å². The summed E-state index contributed by atoms with van der Waals surface area (Å²) in [5, 5.41) is 10.4. The molecule has 1 N–H and O–H groups in total. The topological polar surface area (TPSA) is 75.6 Å². The van der Waals surface area contributed by atoms with Gasteiger partial charge in [0.1, 0.15) is 30.2 Å². The van der Waals surface area contributed by atoms with Crippen LogP contribution in [0.5, 0.6) is 5.75 Å². The van der Waals surface area contributed by atoms with Gasteiger partial charge in [-0.05, 0) is 34.9 Å². The fourth-order valence-corrected chi connectivity index (χ4v) is 5.39. The van der Waals surface area contributed by atoms with Crippen LogP contribution < -0.4 is 4.74 Å². The van der Waals surface area contributed by atoms with Gasteiger partial charge in [-0.15, -0.1) is 0 Å². The number of ether oxygens (including phenoxy) is 6. The Morgan fingerprint density at radius 1 is 0.659 bits per heavy atom. The number of methoxy groups -OCH3 is 1. The lowest BCUT2D eigenvalue weighted by molar-refractivity contribution is -0.325. The third kappa shape index (κ3) is 9.75. The van der Waals surface area contributed by atoms with Crippen molar-refractivity contribution in [1.82, 2.24) is 0 Å². The van der Waals surface area contributed by atoms with Crippen molar-refractivity contribution < 1.29 is 33.5 Å². The van der Waals surface area contributed by atoms with Crippen LogP contribution in [0.3, 0.4) is 0 Å². The molecule has 3 aromatic carbocycles. The van der Waals surface area contributed by atoms with Crippen LogP contribution >= 0.6 is 0 Å². The number of aliphatic hydroxyl groups excluding tert-OH is 1. The van der Waals surface area contributed by atoms with E-state index in [1.807, 2.05) is 84.9 Å². The molecule has 1 heterocycles. The minimum atomic E-state index is -1.35. The molecule has 0 aliphatic carbocycles. The van der Waals surface area contributed by atoms with Crippen molar-refractivity contribution in [3.8, 4) is 5.75 Å². The Morgan fingerprint density at radius 3 is 1.68 bits per heavy atom. The Bertz CT molecular complexity index is 1140. The second-order valence-corrected chi connectivity index (χ2v) is 17.2. The summed E-state index contributed by atoms with van der Waals surface area (Å²) in [6.07, 6.45) is -3.09. The molecule has 0 aromatic heterocycles. The zero-order chi connectivity index (χ0) is 29.1. The van der Waals surface area contributed by atoms with E-state index in [0.29, 0.717) is 26.4 Å². The highest BCUT2D eigenvalue weighted by Crippen LogP contribution is 2.31. The second kappa shape index (κ2) is 15.6. The maximum atomic E-state index is 10.4. The van der Waals surface area contributed by atoms with E-state index in [1.54, 1.807) is 7.11 Å². The fraction of sp³-hybridized carbons (Fsp3) is 0.455. The number of benzene rings is 3. The van der Waals surface area contributed by atoms with E-state index in [9.17, 15) is 5.11 Å². The van der Waals surface area contributed by atoms with Gasteiger partial charge >= 0.3 is 0 Å². The molecule has 1 aliphatic rings. The smallest absolute Gasteiger partial charge is 0.186 e. The van der Waals surface area contributed by atoms with Gasteiger partial charge in [0.15, 0.2) is 6.29 Å². The lowest BCUT2D eigenvalue weighted by Gasteiger charge is -2.45. The van der Waals surface area contributed by atoms with Crippen LogP contribution in [-0.2, 0) is 43.5 Å². The van der Waals surface area contributed by atoms with Gasteiger partial charge in [0, 0.05) is 14.7 Å². The quantitative estimate of drug-likeness (QED) is 0.227. The van der Waals surface area contributed by atoms with Crippen molar-refractivity contribution >= 4 is 8.07 Å². The zero-order valence-corrected chi connectivity index (χ0v) is 25.6. The molecule has 0 amide bonds. The Labute approximate surface area is 245 Å². The molecule has 3 aromatic rings. The first-order valence-corrected chi connectivity index (χ1v) is 18.0. The molecule has 4 rings (SSSR count). The van der Waals surface area contributed by atoms with Crippen molar-refractivity contribution in [1.29, 1.82) is 0 Å². The molecule has 5 atom stereocenters. The van der Waals surface area contributed by atoms with Gasteiger partial charge < -0.3 is 33.5 Å². The minimum Gasteiger partial charge on any atom is -0.497 e. The summed E-state index contributed by atoms with van der Waals surface area (Å²) in [5.74, 6) is 0.784. The zero-order valence-electron chi connectivity index (χ0n) is 24.6. The van der Waals surface area contributed by atoms with Crippen molar-refractivity contribution in [2.45, 2.75) is 76.2 Å². The molecule has 1 aliphatic heterocycles. The van der Waals surface area contributed by atoms with E-state index in [-0.39, 0.29) is 6.61 Å². The molecule has 41 heavy (non-hydrogen) atoms. The molecule has 8 heteroatoms. The number of hydrogen-bond donors (Lipinski definition) is 1. The van der Waals surface area contributed by atoms with E-state index in [1.165, 1.54) is 0 Å². The van der Waals surface area contributed by atoms with Crippen molar-refractivity contribution in [2.24, 2.45) is 0 Å². The van der Waals surface area contributed by atoms with Gasteiger partial charge in [-0.2, -0.15) is 0 Å². The van der Waals surface area contributed by atoms with Crippen LogP contribution in [0.2, 0.25) is 25.7 Å². The summed E-state index contributed by atoms with van der Waals surface area (Å²) >= 11 is 0. The van der Waals surface area contributed by atoms with Crippen LogP contribution in [-0.4, -0.2) is 64.2 Å². The highest BCUT2D eigenvalue weighted by atomic mass is 28.3. The third-order valence-corrected chi connectivity index (χ3v) is 8.78. The van der Waals surface area contributed by atoms with Crippen LogP contribution in [0.15, 0.2) is 84.9 Å². The number of hydrogen-bond acceptors (Lipinski definition) is 7. The first-order chi connectivity index (χ1) is 19.9. The molecule has 0 bridgehead atoms. The van der Waals surface area contributed by atoms with E-state index < -0.39 is 38.8 Å². The lowest BCUT2D eigenvalue weighted by Crippen LogP contribution is -2.61. The highest BCUT2D eigenvalue weighted by Gasteiger charge is 2.48. The molecule has 222 valence electrons. The lowest BCUT2D eigenvalue weighted by atomic mass is 9.98. The monoisotopic (exact) mass is 580 g/mol. The Kier molecular flexibility index (Phi) is 11.9. The largest absolute Gasteiger partial charge is 0.497 e. The number of aliphatic hydroxyl groups is 1. The SMILES string of the molecule is COc1ccc(CO[C@H]2[C@H](OCC[Si](C)(C)C)O[C@H](CO)[C@@H](OCc3ccccc3)[C@@H]2OCc2ccccc2)cc1. The predicted molar refractivity (Wildman–Crippen MR) is 161 cm³/mol. The van der Waals surface area contributed by atoms with Gasteiger partial charge in [-0.1, -0.05) is 92.4 Å². The molecule has 0 unspecified atom stereocenters. The molecular weight excluding hydrogens is 536 g/mol. The van der Waals surface area contributed by atoms with Gasteiger partial charge in [0.25, 0.3) is 0 Å². The molecule has 1 fully saturated rings. The molecule has 0 radical (unpaired) electrons. The maximum absolute atomic E-state index is 10.4. The first-order valence-electron chi connectivity index (χ1n) is 14.3. The Hall–Kier alpha value is -2.56. The Balaban J connectivity index is 1.59. The van der Waals surface area contributed by atoms with E-state index in [4.69, 9.17) is 28.4 Å². The Morgan fingerprint density at radius 2 is 1.17 bits per heavy atom. The van der Waals surface area contributed by atoms with Crippen LogP contribution in [0.4, 0.5) is 0 Å². The number of rotatable bonds is 15. The van der Waals surface area contributed by atoms with Gasteiger partial charge in [-0.3, -0.25) is 0 Å². The summed E-state index contributed by atoms with van der Waals surface area (Å²) in [6, 6.07) is 28.7.